The van der Waals surface area contributed by atoms with E-state index in [-0.39, 0.29) is 11.8 Å². The summed E-state index contributed by atoms with van der Waals surface area (Å²) >= 11 is 0. The van der Waals surface area contributed by atoms with E-state index in [0.717, 1.165) is 57.8 Å². The Bertz CT molecular complexity index is 453. The van der Waals surface area contributed by atoms with E-state index in [0.29, 0.717) is 5.92 Å². The highest BCUT2D eigenvalue weighted by atomic mass is 19.1. The third-order valence-corrected chi connectivity index (χ3v) is 4.59. The van der Waals surface area contributed by atoms with E-state index in [9.17, 15) is 9.50 Å². The summed E-state index contributed by atoms with van der Waals surface area (Å²) in [6.45, 7) is 5.24. The first kappa shape index (κ1) is 14.8. The number of aromatic hydroxyl groups is 1. The van der Waals surface area contributed by atoms with Crippen molar-refractivity contribution in [1.82, 2.24) is 10.2 Å². The molecule has 3 rings (SSSR count). The van der Waals surface area contributed by atoms with E-state index in [2.05, 4.69) is 10.2 Å². The van der Waals surface area contributed by atoms with Crippen LogP contribution in [0.4, 0.5) is 4.39 Å². The molecule has 0 unspecified atom stereocenters. The SMILES string of the molecule is Oc1c(F)cccc1[C@H](C1CCOCC1)N1CCNCC1. The predicted molar refractivity (Wildman–Crippen MR) is 78.8 cm³/mol. The van der Waals surface area contributed by atoms with Gasteiger partial charge in [-0.05, 0) is 24.8 Å². The van der Waals surface area contributed by atoms with Crippen molar-refractivity contribution in [2.24, 2.45) is 5.92 Å². The van der Waals surface area contributed by atoms with Crippen LogP contribution in [-0.4, -0.2) is 49.4 Å². The Morgan fingerprint density at radius 2 is 1.95 bits per heavy atom. The summed E-state index contributed by atoms with van der Waals surface area (Å²) in [7, 11) is 0. The van der Waals surface area contributed by atoms with Gasteiger partial charge < -0.3 is 15.2 Å². The predicted octanol–water partition coefficient (Wildman–Crippen LogP) is 1.90. The number of nitrogens with one attached hydrogen (secondary N) is 1. The van der Waals surface area contributed by atoms with E-state index >= 15 is 0 Å². The number of hydrogen-bond donors (Lipinski definition) is 2. The Morgan fingerprint density at radius 1 is 1.24 bits per heavy atom. The molecule has 4 nitrogen and oxygen atoms in total. The lowest BCUT2D eigenvalue weighted by molar-refractivity contribution is 0.0205. The minimum absolute atomic E-state index is 0.0756. The van der Waals surface area contributed by atoms with Gasteiger partial charge in [0.25, 0.3) is 0 Å². The van der Waals surface area contributed by atoms with Gasteiger partial charge in [-0.25, -0.2) is 4.39 Å². The molecule has 2 N–H and O–H groups in total. The zero-order chi connectivity index (χ0) is 14.7. The third-order valence-electron chi connectivity index (χ3n) is 4.59. The van der Waals surface area contributed by atoms with Crippen molar-refractivity contribution in [3.8, 4) is 5.75 Å². The zero-order valence-corrected chi connectivity index (χ0v) is 12.2. The molecule has 1 aromatic rings. The highest BCUT2D eigenvalue weighted by molar-refractivity contribution is 5.36. The number of para-hydroxylation sites is 1. The van der Waals surface area contributed by atoms with Crippen molar-refractivity contribution in [3.63, 3.8) is 0 Å². The van der Waals surface area contributed by atoms with E-state index in [4.69, 9.17) is 4.74 Å². The molecule has 0 aromatic heterocycles. The normalized spacial score (nSPS) is 23.1. The molecule has 0 bridgehead atoms. The first-order valence-corrected chi connectivity index (χ1v) is 7.77. The molecule has 0 amide bonds. The molecule has 0 saturated carbocycles. The second-order valence-corrected chi connectivity index (χ2v) is 5.86. The maximum Gasteiger partial charge on any atom is 0.165 e. The number of phenols is 1. The standard InChI is InChI=1S/C16H23FN2O2/c17-14-3-1-2-13(16(14)20)15(12-4-10-21-11-5-12)19-8-6-18-7-9-19/h1-3,12,15,18,20H,4-11H2/t15-/m0/s1. The van der Waals surface area contributed by atoms with Crippen LogP contribution >= 0.6 is 0 Å². The Hall–Kier alpha value is -1.17. The fourth-order valence-electron chi connectivity index (χ4n) is 3.51. The van der Waals surface area contributed by atoms with Gasteiger partial charge in [0.1, 0.15) is 0 Å². The highest BCUT2D eigenvalue weighted by Gasteiger charge is 2.33. The number of rotatable bonds is 3. The van der Waals surface area contributed by atoms with E-state index in [1.54, 1.807) is 6.07 Å². The molecule has 2 aliphatic heterocycles. The van der Waals surface area contributed by atoms with Gasteiger partial charge in [-0.15, -0.1) is 0 Å². The summed E-state index contributed by atoms with van der Waals surface area (Å²) in [4.78, 5) is 2.38. The van der Waals surface area contributed by atoms with Gasteiger partial charge in [0.05, 0.1) is 0 Å². The quantitative estimate of drug-likeness (QED) is 0.894. The second kappa shape index (κ2) is 6.73. The maximum absolute atomic E-state index is 13.8. The molecule has 2 fully saturated rings. The van der Waals surface area contributed by atoms with Gasteiger partial charge in [0, 0.05) is 51.0 Å². The fourth-order valence-corrected chi connectivity index (χ4v) is 3.51. The third kappa shape index (κ3) is 3.20. The van der Waals surface area contributed by atoms with Gasteiger partial charge >= 0.3 is 0 Å². The van der Waals surface area contributed by atoms with Crippen molar-refractivity contribution in [3.05, 3.63) is 29.6 Å². The van der Waals surface area contributed by atoms with Crippen LogP contribution in [0, 0.1) is 11.7 Å². The summed E-state index contributed by atoms with van der Waals surface area (Å²) in [6.07, 6.45) is 1.93. The Morgan fingerprint density at radius 3 is 2.67 bits per heavy atom. The summed E-state index contributed by atoms with van der Waals surface area (Å²) in [5.74, 6) is -0.309. The van der Waals surface area contributed by atoms with Crippen LogP contribution in [0.1, 0.15) is 24.4 Å². The van der Waals surface area contributed by atoms with Gasteiger partial charge in [0.2, 0.25) is 0 Å². The Balaban J connectivity index is 1.91. The number of hydrogen-bond acceptors (Lipinski definition) is 4. The summed E-state index contributed by atoms with van der Waals surface area (Å²) in [5, 5.41) is 13.5. The number of piperazine rings is 1. The Labute approximate surface area is 124 Å². The molecule has 116 valence electrons. The number of nitrogens with zero attached hydrogens (tertiary/aromatic N) is 1. The number of halogens is 1. The topological polar surface area (TPSA) is 44.7 Å². The highest BCUT2D eigenvalue weighted by Crippen LogP contribution is 2.39. The van der Waals surface area contributed by atoms with Crippen molar-refractivity contribution < 1.29 is 14.2 Å². The Kier molecular flexibility index (Phi) is 4.73. The lowest BCUT2D eigenvalue weighted by atomic mass is 9.85. The molecule has 2 heterocycles. The molecule has 5 heteroatoms. The van der Waals surface area contributed by atoms with Crippen LogP contribution in [0.3, 0.4) is 0 Å². The molecular weight excluding hydrogens is 271 g/mol. The van der Waals surface area contributed by atoms with Gasteiger partial charge in [0.15, 0.2) is 11.6 Å². The molecule has 1 atom stereocenters. The lowest BCUT2D eigenvalue weighted by Crippen LogP contribution is -2.47. The molecule has 0 aliphatic carbocycles. The average molecular weight is 294 g/mol. The van der Waals surface area contributed by atoms with E-state index in [1.165, 1.54) is 6.07 Å². The van der Waals surface area contributed by atoms with E-state index in [1.807, 2.05) is 6.07 Å². The van der Waals surface area contributed by atoms with Gasteiger partial charge in [-0.1, -0.05) is 12.1 Å². The fraction of sp³-hybridized carbons (Fsp3) is 0.625. The van der Waals surface area contributed by atoms with Gasteiger partial charge in [-0.3, -0.25) is 4.90 Å². The number of benzene rings is 1. The van der Waals surface area contributed by atoms with E-state index < -0.39 is 5.82 Å². The molecule has 1 aromatic carbocycles. The monoisotopic (exact) mass is 294 g/mol. The maximum atomic E-state index is 13.8. The van der Waals surface area contributed by atoms with Crippen LogP contribution < -0.4 is 5.32 Å². The van der Waals surface area contributed by atoms with Crippen molar-refractivity contribution in [2.45, 2.75) is 18.9 Å². The first-order chi connectivity index (χ1) is 10.3. The second-order valence-electron chi connectivity index (χ2n) is 5.86. The average Bonchev–Trinajstić information content (AvgIpc) is 2.54. The van der Waals surface area contributed by atoms with Crippen LogP contribution in [0.5, 0.6) is 5.75 Å². The van der Waals surface area contributed by atoms with Crippen molar-refractivity contribution in [2.75, 3.05) is 39.4 Å². The van der Waals surface area contributed by atoms with Crippen LogP contribution in [0.2, 0.25) is 0 Å². The summed E-state index contributed by atoms with van der Waals surface area (Å²) in [6, 6.07) is 4.95. The smallest absolute Gasteiger partial charge is 0.165 e. The zero-order valence-electron chi connectivity index (χ0n) is 12.2. The summed E-state index contributed by atoms with van der Waals surface area (Å²) < 4.78 is 19.2. The molecule has 2 saturated heterocycles. The number of ether oxygens (including phenoxy) is 1. The van der Waals surface area contributed by atoms with Gasteiger partial charge in [-0.2, -0.15) is 0 Å². The molecule has 0 spiro atoms. The molecule has 0 radical (unpaired) electrons. The van der Waals surface area contributed by atoms with Crippen molar-refractivity contribution >= 4 is 0 Å². The first-order valence-electron chi connectivity index (χ1n) is 7.77. The van der Waals surface area contributed by atoms with Crippen molar-refractivity contribution in [1.29, 1.82) is 0 Å². The summed E-state index contributed by atoms with van der Waals surface area (Å²) in [5.41, 5.74) is 0.726. The minimum Gasteiger partial charge on any atom is -0.505 e. The lowest BCUT2D eigenvalue weighted by Gasteiger charge is -2.41. The largest absolute Gasteiger partial charge is 0.505 e. The van der Waals surface area contributed by atoms with Crippen LogP contribution in [-0.2, 0) is 4.74 Å². The van der Waals surface area contributed by atoms with Crippen LogP contribution in [0.25, 0.3) is 0 Å². The number of phenolic OH excluding ortho intramolecular Hbond substituents is 1. The minimum atomic E-state index is -0.528. The molecule has 21 heavy (non-hydrogen) atoms. The van der Waals surface area contributed by atoms with Crippen LogP contribution in [0.15, 0.2) is 18.2 Å². The molecule has 2 aliphatic rings. The molecular formula is C16H23FN2O2.